The zero-order chi connectivity index (χ0) is 20.3. The highest BCUT2D eigenvalue weighted by Crippen LogP contribution is 2.29. The monoisotopic (exact) mass is 397 g/mol. The Morgan fingerprint density at radius 2 is 1.48 bits per heavy atom. The Morgan fingerprint density at radius 1 is 0.926 bits per heavy atom. The molecule has 2 aliphatic heterocycles. The van der Waals surface area contributed by atoms with Gasteiger partial charge in [-0.15, -0.1) is 0 Å². The number of nitrogens with one attached hydrogen (secondary N) is 1. The first kappa shape index (κ1) is 22.4. The molecule has 0 saturated carbocycles. The van der Waals surface area contributed by atoms with Gasteiger partial charge < -0.3 is 54.9 Å². The quantitative estimate of drug-likeness (QED) is 0.228. The van der Waals surface area contributed by atoms with Crippen molar-refractivity contribution in [3.8, 4) is 0 Å². The number of aliphatic hydroxyl groups excluding tert-OH is 6. The number of ether oxygens (including phenoxy) is 4. The number of amides is 1. The minimum Gasteiger partial charge on any atom is -0.394 e. The maximum absolute atomic E-state index is 11.5. The van der Waals surface area contributed by atoms with Crippen LogP contribution in [0.4, 0.5) is 0 Å². The third-order valence-electron chi connectivity index (χ3n) is 4.60. The molecule has 2 heterocycles. The summed E-state index contributed by atoms with van der Waals surface area (Å²) >= 11 is 0. The molecule has 0 spiro atoms. The van der Waals surface area contributed by atoms with Crippen LogP contribution in [0.3, 0.4) is 0 Å². The topological polar surface area (TPSA) is 187 Å². The lowest BCUT2D eigenvalue weighted by atomic mass is 9.95. The lowest BCUT2D eigenvalue weighted by molar-refractivity contribution is -0.343. The first-order valence-electron chi connectivity index (χ1n) is 8.45. The number of aliphatic hydroxyl groups is 6. The molecule has 0 aromatic rings. The molecule has 2 fully saturated rings. The van der Waals surface area contributed by atoms with Crippen molar-refractivity contribution in [2.75, 3.05) is 20.3 Å². The smallest absolute Gasteiger partial charge is 0.217 e. The Labute approximate surface area is 155 Å². The fourth-order valence-electron chi connectivity index (χ4n) is 3.15. The molecule has 5 unspecified atom stereocenters. The number of methoxy groups -OCH3 is 1. The lowest BCUT2D eigenvalue weighted by Gasteiger charge is -2.47. The van der Waals surface area contributed by atoms with Crippen LogP contribution in [0.5, 0.6) is 0 Å². The molecule has 158 valence electrons. The molecule has 27 heavy (non-hydrogen) atoms. The van der Waals surface area contributed by atoms with Crippen LogP contribution < -0.4 is 5.32 Å². The highest BCUT2D eigenvalue weighted by Gasteiger charge is 2.51. The Morgan fingerprint density at radius 3 is 2.00 bits per heavy atom. The van der Waals surface area contributed by atoms with Gasteiger partial charge >= 0.3 is 0 Å². The average molecular weight is 397 g/mol. The molecule has 0 bridgehead atoms. The number of carbonyl (C=O) groups excluding carboxylic acids is 1. The maximum atomic E-state index is 11.5. The van der Waals surface area contributed by atoms with Gasteiger partial charge in [0.25, 0.3) is 0 Å². The van der Waals surface area contributed by atoms with E-state index in [1.54, 1.807) is 0 Å². The third kappa shape index (κ3) is 4.74. The van der Waals surface area contributed by atoms with Crippen LogP contribution in [0.25, 0.3) is 0 Å². The van der Waals surface area contributed by atoms with E-state index in [9.17, 15) is 35.4 Å². The van der Waals surface area contributed by atoms with Crippen LogP contribution in [0.15, 0.2) is 0 Å². The molecule has 2 saturated heterocycles. The van der Waals surface area contributed by atoms with E-state index in [1.165, 1.54) is 14.0 Å². The summed E-state index contributed by atoms with van der Waals surface area (Å²) in [6.07, 6.45) is -12.7. The van der Waals surface area contributed by atoms with Gasteiger partial charge in [-0.05, 0) is 0 Å². The summed E-state index contributed by atoms with van der Waals surface area (Å²) in [6.45, 7) is -0.0132. The van der Waals surface area contributed by atoms with Crippen molar-refractivity contribution in [3.63, 3.8) is 0 Å². The molecular formula is C15H27NO11. The van der Waals surface area contributed by atoms with Crippen LogP contribution in [-0.2, 0) is 23.7 Å². The summed E-state index contributed by atoms with van der Waals surface area (Å²) < 4.78 is 21.4. The molecule has 0 aromatic heterocycles. The minimum atomic E-state index is -1.70. The molecule has 1 amide bonds. The van der Waals surface area contributed by atoms with Crippen molar-refractivity contribution in [1.82, 2.24) is 5.32 Å². The van der Waals surface area contributed by atoms with E-state index in [-0.39, 0.29) is 0 Å². The van der Waals surface area contributed by atoms with Crippen LogP contribution in [0, 0.1) is 0 Å². The highest BCUT2D eigenvalue weighted by molar-refractivity contribution is 5.73. The Balaban J connectivity index is 2.25. The van der Waals surface area contributed by atoms with Crippen LogP contribution in [0.1, 0.15) is 6.92 Å². The number of hydrogen-bond acceptors (Lipinski definition) is 11. The number of rotatable bonds is 6. The summed E-state index contributed by atoms with van der Waals surface area (Å²) in [5, 5.41) is 61.5. The van der Waals surface area contributed by atoms with E-state index >= 15 is 0 Å². The molecule has 0 aromatic carbocycles. The summed E-state index contributed by atoms with van der Waals surface area (Å²) in [4.78, 5) is 11.5. The SMILES string of the molecule is CO[C@@H]1OC(CO)[C@@H](O)C(O[C@@H]2OC(CO)[C@H](O)[C@H](O)C2O)C1NC(C)=O. The summed E-state index contributed by atoms with van der Waals surface area (Å²) in [5.74, 6) is -0.484. The van der Waals surface area contributed by atoms with E-state index in [4.69, 9.17) is 18.9 Å². The van der Waals surface area contributed by atoms with Crippen molar-refractivity contribution in [1.29, 1.82) is 0 Å². The van der Waals surface area contributed by atoms with E-state index in [0.717, 1.165) is 0 Å². The largest absolute Gasteiger partial charge is 0.394 e. The van der Waals surface area contributed by atoms with Gasteiger partial charge in [0, 0.05) is 14.0 Å². The van der Waals surface area contributed by atoms with Crippen molar-refractivity contribution in [2.45, 2.75) is 68.3 Å². The minimum absolute atomic E-state index is 0.484. The van der Waals surface area contributed by atoms with Gasteiger partial charge in [0.2, 0.25) is 5.91 Å². The van der Waals surface area contributed by atoms with E-state index in [2.05, 4.69) is 5.32 Å². The third-order valence-corrected chi connectivity index (χ3v) is 4.60. The summed E-state index contributed by atoms with van der Waals surface area (Å²) in [5.41, 5.74) is 0. The Kier molecular flexibility index (Phi) is 7.88. The summed E-state index contributed by atoms with van der Waals surface area (Å²) in [7, 11) is 1.29. The molecule has 12 heteroatoms. The van der Waals surface area contributed by atoms with Crippen molar-refractivity contribution >= 4 is 5.91 Å². The van der Waals surface area contributed by atoms with Crippen molar-refractivity contribution in [2.24, 2.45) is 0 Å². The maximum Gasteiger partial charge on any atom is 0.217 e. The number of hydrogen-bond donors (Lipinski definition) is 7. The average Bonchev–Trinajstić information content (AvgIpc) is 2.64. The number of carbonyl (C=O) groups is 1. The predicted octanol–water partition coefficient (Wildman–Crippen LogP) is -4.60. The zero-order valence-electron chi connectivity index (χ0n) is 14.9. The second-order valence-corrected chi connectivity index (χ2v) is 6.48. The van der Waals surface area contributed by atoms with Gasteiger partial charge in [0.05, 0.1) is 13.2 Å². The fourth-order valence-corrected chi connectivity index (χ4v) is 3.15. The molecule has 2 aliphatic rings. The first-order chi connectivity index (χ1) is 12.7. The Hall–Kier alpha value is -0.930. The Bertz CT molecular complexity index is 492. The molecule has 7 N–H and O–H groups in total. The fraction of sp³-hybridized carbons (Fsp3) is 0.933. The van der Waals surface area contributed by atoms with Gasteiger partial charge in [0.1, 0.15) is 48.8 Å². The van der Waals surface area contributed by atoms with Crippen molar-refractivity contribution in [3.05, 3.63) is 0 Å². The van der Waals surface area contributed by atoms with Crippen LogP contribution >= 0.6 is 0 Å². The van der Waals surface area contributed by atoms with Gasteiger partial charge in [-0.25, -0.2) is 0 Å². The van der Waals surface area contributed by atoms with E-state index < -0.39 is 80.5 Å². The molecule has 12 nitrogen and oxygen atoms in total. The van der Waals surface area contributed by atoms with Crippen molar-refractivity contribution < 1.29 is 54.4 Å². The summed E-state index contributed by atoms with van der Waals surface area (Å²) in [6, 6.07) is -1.04. The lowest BCUT2D eigenvalue weighted by Crippen LogP contribution is -2.68. The van der Waals surface area contributed by atoms with Gasteiger partial charge in [-0.3, -0.25) is 4.79 Å². The molecule has 0 aliphatic carbocycles. The molecule has 0 radical (unpaired) electrons. The molecular weight excluding hydrogens is 370 g/mol. The van der Waals surface area contributed by atoms with Gasteiger partial charge in [0.15, 0.2) is 12.6 Å². The standard InChI is InChI=1S/C15H27NO11/c1-5(19)16-8-13(10(21)7(4-18)25-14(8)24-2)27-15-12(23)11(22)9(20)6(3-17)26-15/h6-15,17-18,20-23H,3-4H2,1-2H3,(H,16,19)/t6?,7?,8?,9-,10+,11-,12?,13?,14+,15-/m0/s1. The predicted molar refractivity (Wildman–Crippen MR) is 85.0 cm³/mol. The highest BCUT2D eigenvalue weighted by atomic mass is 16.7. The zero-order valence-corrected chi connectivity index (χ0v) is 14.9. The second kappa shape index (κ2) is 9.52. The second-order valence-electron chi connectivity index (χ2n) is 6.48. The van der Waals surface area contributed by atoms with E-state index in [1.807, 2.05) is 0 Å². The van der Waals surface area contributed by atoms with Crippen LogP contribution in [0.2, 0.25) is 0 Å². The molecule has 2 rings (SSSR count). The normalized spacial score (nSPS) is 45.5. The van der Waals surface area contributed by atoms with Gasteiger partial charge in [-0.2, -0.15) is 0 Å². The molecule has 10 atom stereocenters. The van der Waals surface area contributed by atoms with E-state index in [0.29, 0.717) is 0 Å². The van der Waals surface area contributed by atoms with Gasteiger partial charge in [-0.1, -0.05) is 0 Å². The van der Waals surface area contributed by atoms with Crippen LogP contribution in [-0.4, -0.2) is 118 Å². The first-order valence-corrected chi connectivity index (χ1v) is 8.45.